The van der Waals surface area contributed by atoms with E-state index in [0.29, 0.717) is 12.5 Å². The molecule has 0 aliphatic rings. The fourth-order valence-corrected chi connectivity index (χ4v) is 1.69. The molecule has 0 saturated heterocycles. The molecule has 0 aliphatic carbocycles. The van der Waals surface area contributed by atoms with E-state index in [1.807, 2.05) is 45.9 Å². The lowest BCUT2D eigenvalue weighted by molar-refractivity contribution is 0.0209. The molecule has 1 aromatic carbocycles. The predicted octanol–water partition coefficient (Wildman–Crippen LogP) is 4.71. The minimum absolute atomic E-state index is 0.121. The molecule has 0 heterocycles. The van der Waals surface area contributed by atoms with Crippen LogP contribution in [0.25, 0.3) is 0 Å². The van der Waals surface area contributed by atoms with Crippen molar-refractivity contribution in [2.24, 2.45) is 5.92 Å². The second kappa shape index (κ2) is 14.2. The molecule has 0 saturated carbocycles. The van der Waals surface area contributed by atoms with Gasteiger partial charge in [-0.3, -0.25) is 0 Å². The summed E-state index contributed by atoms with van der Waals surface area (Å²) >= 11 is 0. The minimum atomic E-state index is 0.121. The van der Waals surface area contributed by atoms with Crippen LogP contribution >= 0.6 is 0 Å². The Hall–Kier alpha value is -0.860. The van der Waals surface area contributed by atoms with Crippen LogP contribution in [0.15, 0.2) is 30.3 Å². The Morgan fingerprint density at radius 1 is 0.944 bits per heavy atom. The van der Waals surface area contributed by atoms with Crippen LogP contribution in [0.3, 0.4) is 0 Å². The Balaban J connectivity index is 0. The molecule has 1 rings (SSSR count). The average molecular weight is 254 g/mol. The van der Waals surface area contributed by atoms with Crippen LogP contribution in [0.5, 0.6) is 0 Å². The van der Waals surface area contributed by atoms with Crippen LogP contribution in [0, 0.1) is 5.92 Å². The van der Waals surface area contributed by atoms with Crippen LogP contribution in [-0.2, 0) is 9.47 Å². The summed E-state index contributed by atoms with van der Waals surface area (Å²) in [5.74, 6) is 0.368. The lowest BCUT2D eigenvalue weighted by atomic mass is 9.98. The third-order valence-electron chi connectivity index (χ3n) is 2.33. The monoisotopic (exact) mass is 254 g/mol. The van der Waals surface area contributed by atoms with Crippen molar-refractivity contribution in [1.82, 2.24) is 0 Å². The van der Waals surface area contributed by atoms with Gasteiger partial charge >= 0.3 is 0 Å². The molecule has 0 N–H and O–H groups in total. The van der Waals surface area contributed by atoms with Gasteiger partial charge in [0, 0.05) is 20.1 Å². The minimum Gasteiger partial charge on any atom is -0.384 e. The lowest BCUT2D eigenvalue weighted by Gasteiger charge is -2.22. The zero-order valence-electron chi connectivity index (χ0n) is 13.1. The van der Waals surface area contributed by atoms with Gasteiger partial charge < -0.3 is 9.47 Å². The van der Waals surface area contributed by atoms with Crippen molar-refractivity contribution in [3.63, 3.8) is 0 Å². The normalized spacial score (nSPS) is 12.4. The highest BCUT2D eigenvalue weighted by molar-refractivity contribution is 5.18. The van der Waals surface area contributed by atoms with Crippen LogP contribution in [0.2, 0.25) is 0 Å². The highest BCUT2D eigenvalue weighted by atomic mass is 16.5. The summed E-state index contributed by atoms with van der Waals surface area (Å²) in [5, 5.41) is 0. The van der Waals surface area contributed by atoms with E-state index in [1.54, 1.807) is 14.2 Å². The van der Waals surface area contributed by atoms with E-state index in [0.717, 1.165) is 0 Å². The first-order valence-corrected chi connectivity index (χ1v) is 6.86. The SMILES string of the molecule is CC.CC.COCC(C)C(OC)c1ccccc1. The van der Waals surface area contributed by atoms with Crippen molar-refractivity contribution < 1.29 is 9.47 Å². The molecule has 0 spiro atoms. The Kier molecular flexibility index (Phi) is 15.4. The zero-order valence-corrected chi connectivity index (χ0v) is 13.1. The smallest absolute Gasteiger partial charge is 0.0868 e. The molecule has 0 radical (unpaired) electrons. The first-order chi connectivity index (χ1) is 8.79. The maximum absolute atomic E-state index is 5.47. The number of ether oxygens (including phenoxy) is 2. The zero-order chi connectivity index (χ0) is 14.4. The maximum atomic E-state index is 5.47. The molecule has 2 nitrogen and oxygen atoms in total. The van der Waals surface area contributed by atoms with Gasteiger partial charge in [0.15, 0.2) is 0 Å². The van der Waals surface area contributed by atoms with Gasteiger partial charge in [-0.2, -0.15) is 0 Å². The van der Waals surface area contributed by atoms with Gasteiger partial charge in [0.2, 0.25) is 0 Å². The van der Waals surface area contributed by atoms with E-state index in [-0.39, 0.29) is 6.10 Å². The van der Waals surface area contributed by atoms with Gasteiger partial charge in [-0.25, -0.2) is 0 Å². The summed E-state index contributed by atoms with van der Waals surface area (Å²) in [6.07, 6.45) is 0.121. The Labute approximate surface area is 113 Å². The third kappa shape index (κ3) is 7.46. The summed E-state index contributed by atoms with van der Waals surface area (Å²) < 4.78 is 10.6. The summed E-state index contributed by atoms with van der Waals surface area (Å²) in [7, 11) is 3.46. The standard InChI is InChI=1S/C12H18O2.2C2H6/c1-10(9-13-2)12(14-3)11-7-5-4-6-8-11;2*1-2/h4-8,10,12H,9H2,1-3H3;2*1-2H3. The molecule has 1 aromatic rings. The average Bonchev–Trinajstić information content (AvgIpc) is 2.45. The second-order valence-electron chi connectivity index (χ2n) is 3.50. The quantitative estimate of drug-likeness (QED) is 0.757. The molecule has 0 fully saturated rings. The highest BCUT2D eigenvalue weighted by Crippen LogP contribution is 2.24. The molecule has 0 aliphatic heterocycles. The van der Waals surface area contributed by atoms with Gasteiger partial charge in [-0.05, 0) is 5.56 Å². The molecule has 2 unspecified atom stereocenters. The summed E-state index contributed by atoms with van der Waals surface area (Å²) in [6.45, 7) is 10.8. The molecule has 2 atom stereocenters. The molecule has 18 heavy (non-hydrogen) atoms. The Morgan fingerprint density at radius 2 is 1.44 bits per heavy atom. The fraction of sp³-hybridized carbons (Fsp3) is 0.625. The summed E-state index contributed by atoms with van der Waals surface area (Å²) in [4.78, 5) is 0. The number of methoxy groups -OCH3 is 2. The maximum Gasteiger partial charge on any atom is 0.0868 e. The largest absolute Gasteiger partial charge is 0.384 e. The molecular weight excluding hydrogens is 224 g/mol. The molecular formula is C16H30O2. The van der Waals surface area contributed by atoms with Crippen molar-refractivity contribution in [3.8, 4) is 0 Å². The van der Waals surface area contributed by atoms with Crippen molar-refractivity contribution in [1.29, 1.82) is 0 Å². The molecule has 106 valence electrons. The van der Waals surface area contributed by atoms with Crippen molar-refractivity contribution in [2.75, 3.05) is 20.8 Å². The van der Waals surface area contributed by atoms with Crippen LogP contribution in [0.1, 0.15) is 46.3 Å². The number of hydrogen-bond acceptors (Lipinski definition) is 2. The number of rotatable bonds is 5. The highest BCUT2D eigenvalue weighted by Gasteiger charge is 2.17. The predicted molar refractivity (Wildman–Crippen MR) is 79.9 cm³/mol. The Morgan fingerprint density at radius 3 is 1.83 bits per heavy atom. The van der Waals surface area contributed by atoms with Gasteiger partial charge in [-0.1, -0.05) is 65.0 Å². The molecule has 0 amide bonds. The lowest BCUT2D eigenvalue weighted by Crippen LogP contribution is -2.16. The molecule has 0 aromatic heterocycles. The van der Waals surface area contributed by atoms with E-state index < -0.39 is 0 Å². The van der Waals surface area contributed by atoms with Crippen molar-refractivity contribution in [3.05, 3.63) is 35.9 Å². The van der Waals surface area contributed by atoms with Crippen LogP contribution < -0.4 is 0 Å². The van der Waals surface area contributed by atoms with Gasteiger partial charge in [0.25, 0.3) is 0 Å². The summed E-state index contributed by atoms with van der Waals surface area (Å²) in [6, 6.07) is 10.2. The first-order valence-electron chi connectivity index (χ1n) is 6.86. The van der Waals surface area contributed by atoms with E-state index in [9.17, 15) is 0 Å². The van der Waals surface area contributed by atoms with Crippen LogP contribution in [0.4, 0.5) is 0 Å². The third-order valence-corrected chi connectivity index (χ3v) is 2.33. The van der Waals surface area contributed by atoms with Crippen LogP contribution in [-0.4, -0.2) is 20.8 Å². The Bertz CT molecular complexity index is 247. The van der Waals surface area contributed by atoms with E-state index >= 15 is 0 Å². The van der Waals surface area contributed by atoms with E-state index in [4.69, 9.17) is 9.47 Å². The van der Waals surface area contributed by atoms with Gasteiger partial charge in [0.05, 0.1) is 12.7 Å². The first kappa shape index (κ1) is 19.5. The van der Waals surface area contributed by atoms with E-state index in [1.165, 1.54) is 5.56 Å². The van der Waals surface area contributed by atoms with Gasteiger partial charge in [0.1, 0.15) is 0 Å². The number of hydrogen-bond donors (Lipinski definition) is 0. The topological polar surface area (TPSA) is 18.5 Å². The molecule has 2 heteroatoms. The molecule has 0 bridgehead atoms. The second-order valence-corrected chi connectivity index (χ2v) is 3.50. The van der Waals surface area contributed by atoms with Crippen molar-refractivity contribution >= 4 is 0 Å². The van der Waals surface area contributed by atoms with Gasteiger partial charge in [-0.15, -0.1) is 0 Å². The van der Waals surface area contributed by atoms with Crippen molar-refractivity contribution in [2.45, 2.75) is 40.7 Å². The number of benzene rings is 1. The fourth-order valence-electron chi connectivity index (χ4n) is 1.69. The van der Waals surface area contributed by atoms with E-state index in [2.05, 4.69) is 19.1 Å². The summed E-state index contributed by atoms with van der Waals surface area (Å²) in [5.41, 5.74) is 1.21.